The van der Waals surface area contributed by atoms with Crippen LogP contribution in [0.3, 0.4) is 0 Å². The van der Waals surface area contributed by atoms with Gasteiger partial charge in [0.05, 0.1) is 5.69 Å². The Bertz CT molecular complexity index is 662. The fraction of sp³-hybridized carbons (Fsp3) is 0.0714. The highest BCUT2D eigenvalue weighted by molar-refractivity contribution is 5.65. The summed E-state index contributed by atoms with van der Waals surface area (Å²) in [6.45, 7) is 0. The van der Waals surface area contributed by atoms with E-state index < -0.39 is 0 Å². The van der Waals surface area contributed by atoms with Crippen LogP contribution in [0.2, 0.25) is 0 Å². The zero-order valence-corrected chi connectivity index (χ0v) is 10.5. The second kappa shape index (κ2) is 4.89. The van der Waals surface area contributed by atoms with Crippen molar-refractivity contribution in [1.82, 2.24) is 19.9 Å². The van der Waals surface area contributed by atoms with Crippen molar-refractivity contribution in [2.75, 3.05) is 12.4 Å². The van der Waals surface area contributed by atoms with Gasteiger partial charge < -0.3 is 10.3 Å². The zero-order valence-electron chi connectivity index (χ0n) is 10.5. The largest absolute Gasteiger partial charge is 0.373 e. The molecule has 1 aromatic carbocycles. The fourth-order valence-electron chi connectivity index (χ4n) is 1.83. The van der Waals surface area contributed by atoms with Gasteiger partial charge in [-0.3, -0.25) is 0 Å². The lowest BCUT2D eigenvalue weighted by atomic mass is 10.1. The monoisotopic (exact) mass is 251 g/mol. The number of nitrogens with zero attached hydrogens (tertiary/aromatic N) is 3. The lowest BCUT2D eigenvalue weighted by molar-refractivity contribution is 1.12. The summed E-state index contributed by atoms with van der Waals surface area (Å²) in [6.07, 6.45) is 3.44. The van der Waals surface area contributed by atoms with Crippen LogP contribution in [0.5, 0.6) is 0 Å². The van der Waals surface area contributed by atoms with Crippen LogP contribution in [-0.2, 0) is 0 Å². The van der Waals surface area contributed by atoms with E-state index in [1.54, 1.807) is 12.4 Å². The summed E-state index contributed by atoms with van der Waals surface area (Å²) in [6, 6.07) is 11.9. The van der Waals surface area contributed by atoms with Gasteiger partial charge in [0.2, 0.25) is 0 Å². The molecular weight excluding hydrogens is 238 g/mol. The SMILES string of the molecule is CNc1cc(-c2ccccc2)nc(-c2ncc[nH]2)n1. The highest BCUT2D eigenvalue weighted by atomic mass is 15.1. The van der Waals surface area contributed by atoms with E-state index in [0.717, 1.165) is 17.1 Å². The summed E-state index contributed by atoms with van der Waals surface area (Å²) in [5, 5.41) is 3.05. The molecule has 0 aliphatic heterocycles. The van der Waals surface area contributed by atoms with Crippen molar-refractivity contribution in [2.24, 2.45) is 0 Å². The van der Waals surface area contributed by atoms with Crippen LogP contribution in [0.25, 0.3) is 22.9 Å². The Hall–Kier alpha value is -2.69. The van der Waals surface area contributed by atoms with Gasteiger partial charge in [0.1, 0.15) is 5.82 Å². The van der Waals surface area contributed by atoms with Gasteiger partial charge in [-0.05, 0) is 0 Å². The van der Waals surface area contributed by atoms with Gasteiger partial charge in [0, 0.05) is 31.1 Å². The second-order valence-corrected chi connectivity index (χ2v) is 4.02. The minimum atomic E-state index is 0.579. The van der Waals surface area contributed by atoms with Gasteiger partial charge in [0.15, 0.2) is 11.6 Å². The predicted molar refractivity (Wildman–Crippen MR) is 74.6 cm³/mol. The smallest absolute Gasteiger partial charge is 0.198 e. The molecule has 5 heteroatoms. The summed E-state index contributed by atoms with van der Waals surface area (Å²) in [5.74, 6) is 2.00. The molecule has 0 unspecified atom stereocenters. The number of hydrogen-bond acceptors (Lipinski definition) is 4. The molecule has 0 saturated heterocycles. The molecule has 3 rings (SSSR count). The Morgan fingerprint density at radius 3 is 2.63 bits per heavy atom. The minimum Gasteiger partial charge on any atom is -0.373 e. The van der Waals surface area contributed by atoms with E-state index in [1.165, 1.54) is 0 Å². The second-order valence-electron chi connectivity index (χ2n) is 4.02. The molecule has 0 atom stereocenters. The first-order chi connectivity index (χ1) is 9.36. The first-order valence-corrected chi connectivity index (χ1v) is 5.99. The fourth-order valence-corrected chi connectivity index (χ4v) is 1.83. The molecule has 0 bridgehead atoms. The topological polar surface area (TPSA) is 66.5 Å². The van der Waals surface area contributed by atoms with Gasteiger partial charge >= 0.3 is 0 Å². The van der Waals surface area contributed by atoms with Gasteiger partial charge in [-0.25, -0.2) is 15.0 Å². The van der Waals surface area contributed by atoms with Crippen molar-refractivity contribution in [2.45, 2.75) is 0 Å². The van der Waals surface area contributed by atoms with Crippen LogP contribution < -0.4 is 5.32 Å². The molecule has 5 nitrogen and oxygen atoms in total. The Balaban J connectivity index is 2.13. The lowest BCUT2D eigenvalue weighted by Gasteiger charge is -2.06. The quantitative estimate of drug-likeness (QED) is 0.750. The molecule has 94 valence electrons. The van der Waals surface area contributed by atoms with E-state index in [9.17, 15) is 0 Å². The third-order valence-corrected chi connectivity index (χ3v) is 2.76. The third-order valence-electron chi connectivity index (χ3n) is 2.76. The van der Waals surface area contributed by atoms with E-state index >= 15 is 0 Å². The summed E-state index contributed by atoms with van der Waals surface area (Å²) >= 11 is 0. The van der Waals surface area contributed by atoms with Gasteiger partial charge in [0.25, 0.3) is 0 Å². The maximum atomic E-state index is 4.55. The van der Waals surface area contributed by atoms with E-state index in [1.807, 2.05) is 43.4 Å². The molecule has 0 aliphatic carbocycles. The highest BCUT2D eigenvalue weighted by Crippen LogP contribution is 2.22. The maximum absolute atomic E-state index is 4.55. The molecule has 0 saturated carbocycles. The standard InChI is InChI=1S/C14H13N5/c1-15-12-9-11(10-5-3-2-4-6-10)18-14(19-12)13-16-7-8-17-13/h2-9H,1H3,(H,16,17)(H,15,18,19). The van der Waals surface area contributed by atoms with Gasteiger partial charge in [-0.15, -0.1) is 0 Å². The van der Waals surface area contributed by atoms with Crippen molar-refractivity contribution < 1.29 is 0 Å². The van der Waals surface area contributed by atoms with Gasteiger partial charge in [-0.2, -0.15) is 0 Å². The third kappa shape index (κ3) is 2.30. The average molecular weight is 251 g/mol. The molecule has 2 heterocycles. The van der Waals surface area contributed by atoms with Crippen LogP contribution in [0.4, 0.5) is 5.82 Å². The van der Waals surface area contributed by atoms with Gasteiger partial charge in [-0.1, -0.05) is 30.3 Å². The molecule has 0 fully saturated rings. The van der Waals surface area contributed by atoms with Crippen LogP contribution in [0.15, 0.2) is 48.8 Å². The van der Waals surface area contributed by atoms with Crippen molar-refractivity contribution in [3.8, 4) is 22.9 Å². The molecular formula is C14H13N5. The summed E-state index contributed by atoms with van der Waals surface area (Å²) in [7, 11) is 1.84. The zero-order chi connectivity index (χ0) is 13.1. The molecule has 2 N–H and O–H groups in total. The molecule has 19 heavy (non-hydrogen) atoms. The molecule has 0 aliphatic rings. The first kappa shape index (κ1) is 11.4. The number of anilines is 1. The number of aromatic amines is 1. The van der Waals surface area contributed by atoms with Crippen molar-refractivity contribution >= 4 is 5.82 Å². The number of hydrogen-bond donors (Lipinski definition) is 2. The number of aromatic nitrogens is 4. The predicted octanol–water partition coefficient (Wildman–Crippen LogP) is 2.58. The molecule has 0 amide bonds. The van der Waals surface area contributed by atoms with E-state index in [-0.39, 0.29) is 0 Å². The first-order valence-electron chi connectivity index (χ1n) is 5.99. The van der Waals surface area contributed by atoms with Crippen molar-refractivity contribution in [3.05, 3.63) is 48.8 Å². The van der Waals surface area contributed by atoms with E-state index in [2.05, 4.69) is 25.3 Å². The Morgan fingerprint density at radius 1 is 1.11 bits per heavy atom. The van der Waals surface area contributed by atoms with E-state index in [0.29, 0.717) is 11.6 Å². The number of imidazole rings is 1. The minimum absolute atomic E-state index is 0.579. The van der Waals surface area contributed by atoms with Crippen LogP contribution in [0, 0.1) is 0 Å². The van der Waals surface area contributed by atoms with Crippen LogP contribution in [0.1, 0.15) is 0 Å². The Morgan fingerprint density at radius 2 is 1.95 bits per heavy atom. The molecule has 0 spiro atoms. The van der Waals surface area contributed by atoms with Crippen molar-refractivity contribution in [3.63, 3.8) is 0 Å². The number of H-pyrrole nitrogens is 1. The number of benzene rings is 1. The average Bonchev–Trinajstić information content (AvgIpc) is 3.02. The highest BCUT2D eigenvalue weighted by Gasteiger charge is 2.09. The van der Waals surface area contributed by atoms with Crippen LogP contribution >= 0.6 is 0 Å². The number of rotatable bonds is 3. The maximum Gasteiger partial charge on any atom is 0.198 e. The Labute approximate surface area is 110 Å². The summed E-state index contributed by atoms with van der Waals surface area (Å²) < 4.78 is 0. The van der Waals surface area contributed by atoms with Crippen molar-refractivity contribution in [1.29, 1.82) is 0 Å². The Kier molecular flexibility index (Phi) is 2.94. The molecule has 3 aromatic rings. The van der Waals surface area contributed by atoms with Crippen LogP contribution in [-0.4, -0.2) is 27.0 Å². The van der Waals surface area contributed by atoms with E-state index in [4.69, 9.17) is 0 Å². The molecule has 2 aromatic heterocycles. The lowest BCUT2D eigenvalue weighted by Crippen LogP contribution is -1.99. The number of nitrogens with one attached hydrogen (secondary N) is 2. The summed E-state index contributed by atoms with van der Waals surface area (Å²) in [4.78, 5) is 16.2. The molecule has 0 radical (unpaired) electrons. The normalized spacial score (nSPS) is 10.4. The summed E-state index contributed by atoms with van der Waals surface area (Å²) in [5.41, 5.74) is 1.92.